The van der Waals surface area contributed by atoms with Crippen LogP contribution in [0.1, 0.15) is 33.1 Å². The number of likely N-dealkylation sites (tertiary alicyclic amines) is 1. The molecule has 1 fully saturated rings. The highest BCUT2D eigenvalue weighted by Gasteiger charge is 2.23. The van der Waals surface area contributed by atoms with Crippen LogP contribution in [0.5, 0.6) is 0 Å². The van der Waals surface area contributed by atoms with Crippen LogP contribution >= 0.6 is 0 Å². The van der Waals surface area contributed by atoms with Crippen molar-refractivity contribution in [3.05, 3.63) is 0 Å². The van der Waals surface area contributed by atoms with Crippen molar-refractivity contribution in [3.63, 3.8) is 0 Å². The van der Waals surface area contributed by atoms with Crippen LogP contribution in [0.25, 0.3) is 0 Å². The lowest BCUT2D eigenvalue weighted by atomic mass is 9.95. The third-order valence-corrected chi connectivity index (χ3v) is 3.38. The predicted molar refractivity (Wildman–Crippen MR) is 64.7 cm³/mol. The predicted octanol–water partition coefficient (Wildman–Crippen LogP) is 0.698. The van der Waals surface area contributed by atoms with Gasteiger partial charge in [-0.05, 0) is 38.8 Å². The fraction of sp³-hybridized carbons (Fsp3) is 0.833. The van der Waals surface area contributed by atoms with E-state index < -0.39 is 5.97 Å². The average Bonchev–Trinajstić information content (AvgIpc) is 2.26. The van der Waals surface area contributed by atoms with Crippen LogP contribution in [-0.2, 0) is 9.59 Å². The number of hydrogen-bond acceptors (Lipinski definition) is 3. The minimum absolute atomic E-state index is 0.0201. The molecular weight excluding hydrogens is 220 g/mol. The molecule has 0 aromatic carbocycles. The number of nitrogens with one attached hydrogen (secondary N) is 1. The molecule has 1 atom stereocenters. The summed E-state index contributed by atoms with van der Waals surface area (Å²) in [4.78, 5) is 23.6. The molecule has 0 bridgehead atoms. The van der Waals surface area contributed by atoms with Crippen LogP contribution in [-0.4, -0.2) is 47.6 Å². The molecule has 0 spiro atoms. The quantitative estimate of drug-likeness (QED) is 0.744. The van der Waals surface area contributed by atoms with Gasteiger partial charge in [-0.3, -0.25) is 9.59 Å². The fourth-order valence-electron chi connectivity index (χ4n) is 2.27. The lowest BCUT2D eigenvalue weighted by Gasteiger charge is -2.35. The number of nitrogens with zero attached hydrogens (tertiary/aromatic N) is 1. The van der Waals surface area contributed by atoms with E-state index in [1.54, 1.807) is 0 Å². The average molecular weight is 242 g/mol. The van der Waals surface area contributed by atoms with E-state index in [1.165, 1.54) is 6.92 Å². The van der Waals surface area contributed by atoms with Crippen LogP contribution < -0.4 is 5.32 Å². The molecule has 1 amide bonds. The van der Waals surface area contributed by atoms with Crippen LogP contribution in [0.4, 0.5) is 0 Å². The molecule has 0 radical (unpaired) electrons. The van der Waals surface area contributed by atoms with Crippen LogP contribution in [0.15, 0.2) is 0 Å². The summed E-state index contributed by atoms with van der Waals surface area (Å²) in [5.74, 6) is -0.184. The Morgan fingerprint density at radius 1 is 1.41 bits per heavy atom. The van der Waals surface area contributed by atoms with Gasteiger partial charge in [-0.25, -0.2) is 0 Å². The Morgan fingerprint density at radius 2 is 2.00 bits per heavy atom. The van der Waals surface area contributed by atoms with E-state index in [0.29, 0.717) is 5.92 Å². The molecule has 1 rings (SSSR count). The summed E-state index contributed by atoms with van der Waals surface area (Å²) >= 11 is 0. The molecule has 1 aliphatic heterocycles. The van der Waals surface area contributed by atoms with Crippen molar-refractivity contribution < 1.29 is 14.7 Å². The van der Waals surface area contributed by atoms with Gasteiger partial charge in [0, 0.05) is 19.5 Å². The molecule has 0 aromatic heterocycles. The minimum atomic E-state index is -0.738. The molecule has 1 saturated heterocycles. The smallest absolute Gasteiger partial charge is 0.304 e. The van der Waals surface area contributed by atoms with Gasteiger partial charge in [-0.1, -0.05) is 0 Å². The zero-order valence-electron chi connectivity index (χ0n) is 10.6. The molecule has 1 unspecified atom stereocenters. The van der Waals surface area contributed by atoms with E-state index in [9.17, 15) is 9.59 Å². The molecule has 2 N–H and O–H groups in total. The Kier molecular flexibility index (Phi) is 5.41. The molecule has 1 heterocycles. The highest BCUT2D eigenvalue weighted by atomic mass is 16.4. The molecule has 98 valence electrons. The van der Waals surface area contributed by atoms with E-state index in [0.717, 1.165) is 32.5 Å². The lowest BCUT2D eigenvalue weighted by molar-refractivity contribution is -0.138. The first-order valence-corrected chi connectivity index (χ1v) is 6.19. The van der Waals surface area contributed by atoms with Gasteiger partial charge in [0.15, 0.2) is 0 Å². The number of piperidine rings is 1. The van der Waals surface area contributed by atoms with Gasteiger partial charge < -0.3 is 15.3 Å². The van der Waals surface area contributed by atoms with Gasteiger partial charge >= 0.3 is 5.97 Å². The summed E-state index contributed by atoms with van der Waals surface area (Å²) in [7, 11) is 0. The molecule has 0 saturated carbocycles. The van der Waals surface area contributed by atoms with Crippen molar-refractivity contribution in [1.29, 1.82) is 0 Å². The number of aliphatic carboxylic acids is 1. The molecule has 0 aromatic rings. The Bertz CT molecular complexity index is 273. The lowest BCUT2D eigenvalue weighted by Crippen LogP contribution is -2.43. The van der Waals surface area contributed by atoms with Crippen molar-refractivity contribution in [1.82, 2.24) is 10.2 Å². The number of carboxylic acids is 1. The van der Waals surface area contributed by atoms with Gasteiger partial charge in [0.1, 0.15) is 0 Å². The maximum Gasteiger partial charge on any atom is 0.304 e. The van der Waals surface area contributed by atoms with Gasteiger partial charge in [0.25, 0.3) is 0 Å². The number of carboxylic acid groups (broad SMARTS) is 1. The van der Waals surface area contributed by atoms with Crippen molar-refractivity contribution in [2.45, 2.75) is 39.2 Å². The second kappa shape index (κ2) is 6.59. The third-order valence-electron chi connectivity index (χ3n) is 3.38. The van der Waals surface area contributed by atoms with Crippen LogP contribution in [0.2, 0.25) is 0 Å². The SMILES string of the molecule is CC(=O)NCC1CCN(C(C)CC(=O)O)CC1. The first kappa shape index (κ1) is 14.0. The number of carbonyl (C=O) groups excluding carboxylic acids is 1. The monoisotopic (exact) mass is 242 g/mol. The van der Waals surface area contributed by atoms with Gasteiger partial charge in [0.05, 0.1) is 6.42 Å². The van der Waals surface area contributed by atoms with Crippen LogP contribution in [0, 0.1) is 5.92 Å². The second-order valence-electron chi connectivity index (χ2n) is 4.86. The summed E-state index contributed by atoms with van der Waals surface area (Å²) in [5.41, 5.74) is 0. The Balaban J connectivity index is 2.25. The Hall–Kier alpha value is -1.10. The molecule has 17 heavy (non-hydrogen) atoms. The zero-order chi connectivity index (χ0) is 12.8. The summed E-state index contributed by atoms with van der Waals surface area (Å²) in [6.45, 7) is 6.10. The molecular formula is C12H22N2O3. The van der Waals surface area contributed by atoms with E-state index in [1.807, 2.05) is 6.92 Å². The van der Waals surface area contributed by atoms with E-state index in [4.69, 9.17) is 5.11 Å². The maximum atomic E-state index is 10.8. The normalized spacial score (nSPS) is 19.9. The number of hydrogen-bond donors (Lipinski definition) is 2. The summed E-state index contributed by atoms with van der Waals surface area (Å²) in [6, 6.07) is 0.106. The summed E-state index contributed by atoms with van der Waals surface area (Å²) in [5, 5.41) is 11.6. The van der Waals surface area contributed by atoms with Gasteiger partial charge in [-0.2, -0.15) is 0 Å². The number of rotatable bonds is 5. The molecule has 5 heteroatoms. The largest absolute Gasteiger partial charge is 0.481 e. The fourth-order valence-corrected chi connectivity index (χ4v) is 2.27. The summed E-state index contributed by atoms with van der Waals surface area (Å²) in [6.07, 6.45) is 2.27. The highest BCUT2D eigenvalue weighted by molar-refractivity contribution is 5.72. The van der Waals surface area contributed by atoms with E-state index >= 15 is 0 Å². The van der Waals surface area contributed by atoms with Crippen molar-refractivity contribution in [2.24, 2.45) is 5.92 Å². The molecule has 0 aliphatic carbocycles. The standard InChI is InChI=1S/C12H22N2O3/c1-9(7-12(16)17)14-5-3-11(4-6-14)8-13-10(2)15/h9,11H,3-8H2,1-2H3,(H,13,15)(H,16,17). The van der Waals surface area contributed by atoms with Crippen LogP contribution in [0.3, 0.4) is 0 Å². The first-order valence-electron chi connectivity index (χ1n) is 6.19. The van der Waals surface area contributed by atoms with Gasteiger partial charge in [0.2, 0.25) is 5.91 Å². The third kappa shape index (κ3) is 5.17. The number of amides is 1. The first-order chi connectivity index (χ1) is 7.99. The highest BCUT2D eigenvalue weighted by Crippen LogP contribution is 2.19. The molecule has 1 aliphatic rings. The topological polar surface area (TPSA) is 69.6 Å². The minimum Gasteiger partial charge on any atom is -0.481 e. The van der Waals surface area contributed by atoms with E-state index in [-0.39, 0.29) is 18.4 Å². The van der Waals surface area contributed by atoms with Crippen molar-refractivity contribution in [2.75, 3.05) is 19.6 Å². The van der Waals surface area contributed by atoms with Crippen molar-refractivity contribution in [3.8, 4) is 0 Å². The Morgan fingerprint density at radius 3 is 2.47 bits per heavy atom. The number of carbonyl (C=O) groups is 2. The molecule has 5 nitrogen and oxygen atoms in total. The van der Waals surface area contributed by atoms with Crippen molar-refractivity contribution >= 4 is 11.9 Å². The zero-order valence-corrected chi connectivity index (χ0v) is 10.6. The maximum absolute atomic E-state index is 10.8. The van der Waals surface area contributed by atoms with Gasteiger partial charge in [-0.15, -0.1) is 0 Å². The van der Waals surface area contributed by atoms with E-state index in [2.05, 4.69) is 10.2 Å². The summed E-state index contributed by atoms with van der Waals surface area (Å²) < 4.78 is 0. The second-order valence-corrected chi connectivity index (χ2v) is 4.86. The Labute approximate surface area is 102 Å².